The maximum Gasteiger partial charge on any atom is 0.411 e. The molecule has 0 amide bonds. The highest BCUT2D eigenvalue weighted by atomic mass is 19.4. The Bertz CT molecular complexity index is 186. The smallest absolute Gasteiger partial charge is 0.395 e. The number of hydrogen-bond acceptors (Lipinski definition) is 3. The number of rotatable bonds is 9. The van der Waals surface area contributed by atoms with Crippen molar-refractivity contribution in [3.63, 3.8) is 0 Å². The largest absolute Gasteiger partial charge is 0.411 e. The molecule has 2 N–H and O–H groups in total. The van der Waals surface area contributed by atoms with Crippen LogP contribution in [0.2, 0.25) is 0 Å². The van der Waals surface area contributed by atoms with Gasteiger partial charge in [-0.25, -0.2) is 0 Å². The van der Waals surface area contributed by atoms with Crippen molar-refractivity contribution < 1.29 is 23.0 Å². The van der Waals surface area contributed by atoms with E-state index in [9.17, 15) is 13.2 Å². The van der Waals surface area contributed by atoms with Crippen molar-refractivity contribution in [2.45, 2.75) is 38.9 Å². The molecule has 0 aromatic heterocycles. The van der Waals surface area contributed by atoms with Gasteiger partial charge in [0, 0.05) is 12.6 Å². The van der Waals surface area contributed by atoms with Gasteiger partial charge in [-0.3, -0.25) is 0 Å². The van der Waals surface area contributed by atoms with Crippen LogP contribution in [0.25, 0.3) is 0 Å². The summed E-state index contributed by atoms with van der Waals surface area (Å²) in [5.74, 6) is 0.473. The Morgan fingerprint density at radius 2 is 1.94 bits per heavy atom. The van der Waals surface area contributed by atoms with Crippen LogP contribution in [0.3, 0.4) is 0 Å². The van der Waals surface area contributed by atoms with Crippen molar-refractivity contribution in [3.05, 3.63) is 0 Å². The van der Waals surface area contributed by atoms with Crippen molar-refractivity contribution >= 4 is 0 Å². The molecule has 1 atom stereocenters. The minimum absolute atomic E-state index is 0.0117. The summed E-state index contributed by atoms with van der Waals surface area (Å²) in [6, 6.07) is 0.0117. The fourth-order valence-corrected chi connectivity index (χ4v) is 1.46. The van der Waals surface area contributed by atoms with Gasteiger partial charge in [0.05, 0.1) is 6.61 Å². The van der Waals surface area contributed by atoms with Gasteiger partial charge < -0.3 is 15.2 Å². The summed E-state index contributed by atoms with van der Waals surface area (Å²) in [7, 11) is 0. The van der Waals surface area contributed by atoms with Gasteiger partial charge in [0.1, 0.15) is 6.61 Å². The van der Waals surface area contributed by atoms with E-state index in [1.807, 2.05) is 0 Å². The molecule has 0 aromatic carbocycles. The highest BCUT2D eigenvalue weighted by molar-refractivity contribution is 4.66. The van der Waals surface area contributed by atoms with Gasteiger partial charge >= 0.3 is 6.18 Å². The van der Waals surface area contributed by atoms with Crippen LogP contribution in [0.1, 0.15) is 26.7 Å². The van der Waals surface area contributed by atoms with Gasteiger partial charge in [0.25, 0.3) is 0 Å². The zero-order valence-electron chi connectivity index (χ0n) is 10.4. The summed E-state index contributed by atoms with van der Waals surface area (Å²) in [5, 5.41) is 12.1. The van der Waals surface area contributed by atoms with Crippen LogP contribution in [-0.2, 0) is 4.74 Å². The fourth-order valence-electron chi connectivity index (χ4n) is 1.46. The van der Waals surface area contributed by atoms with Crippen LogP contribution in [0.15, 0.2) is 0 Å². The number of ether oxygens (including phenoxy) is 1. The number of aliphatic hydroxyl groups excluding tert-OH is 1. The second kappa shape index (κ2) is 8.72. The number of aliphatic hydroxyl groups is 1. The summed E-state index contributed by atoms with van der Waals surface area (Å²) in [5.41, 5.74) is 0. The molecule has 0 rings (SSSR count). The Labute approximate surface area is 100 Å². The van der Waals surface area contributed by atoms with E-state index in [2.05, 4.69) is 23.9 Å². The summed E-state index contributed by atoms with van der Waals surface area (Å²) >= 11 is 0. The van der Waals surface area contributed by atoms with E-state index < -0.39 is 12.8 Å². The summed E-state index contributed by atoms with van der Waals surface area (Å²) in [4.78, 5) is 0. The molecular weight excluding hydrogens is 235 g/mol. The van der Waals surface area contributed by atoms with Gasteiger partial charge in [-0.2, -0.15) is 13.2 Å². The minimum atomic E-state index is -4.25. The molecule has 0 spiro atoms. The standard InChI is InChI=1S/C11H22F3NO2/c1-9(2)6-10(7-16)15-4-3-5-17-8-11(12,13)14/h9-10,15-16H,3-8H2,1-2H3. The average molecular weight is 257 g/mol. The van der Waals surface area contributed by atoms with Crippen molar-refractivity contribution in [2.24, 2.45) is 5.92 Å². The van der Waals surface area contributed by atoms with Gasteiger partial charge in [-0.1, -0.05) is 13.8 Å². The first kappa shape index (κ1) is 16.7. The maximum absolute atomic E-state index is 11.7. The molecule has 0 aliphatic heterocycles. The second-order valence-corrected chi connectivity index (χ2v) is 4.48. The Kier molecular flexibility index (Phi) is 8.55. The third kappa shape index (κ3) is 11.9. The molecule has 6 heteroatoms. The van der Waals surface area contributed by atoms with Crippen LogP contribution in [0.5, 0.6) is 0 Å². The van der Waals surface area contributed by atoms with Gasteiger partial charge in [-0.15, -0.1) is 0 Å². The Morgan fingerprint density at radius 1 is 1.29 bits per heavy atom. The lowest BCUT2D eigenvalue weighted by Gasteiger charge is -2.18. The first-order chi connectivity index (χ1) is 7.85. The first-order valence-electron chi connectivity index (χ1n) is 5.84. The van der Waals surface area contributed by atoms with Gasteiger partial charge in [0.2, 0.25) is 0 Å². The van der Waals surface area contributed by atoms with Crippen LogP contribution in [0.4, 0.5) is 13.2 Å². The Balaban J connectivity index is 3.43. The van der Waals surface area contributed by atoms with E-state index in [-0.39, 0.29) is 19.3 Å². The molecule has 0 bridgehead atoms. The molecule has 0 radical (unpaired) electrons. The molecule has 3 nitrogen and oxygen atoms in total. The molecule has 0 aliphatic carbocycles. The first-order valence-corrected chi connectivity index (χ1v) is 5.84. The van der Waals surface area contributed by atoms with Gasteiger partial charge in [-0.05, 0) is 25.3 Å². The minimum Gasteiger partial charge on any atom is -0.395 e. The zero-order valence-corrected chi connectivity index (χ0v) is 10.4. The normalized spacial score (nSPS) is 14.3. The van der Waals surface area contributed by atoms with E-state index in [1.165, 1.54) is 0 Å². The quantitative estimate of drug-likeness (QED) is 0.620. The number of nitrogens with one attached hydrogen (secondary N) is 1. The number of alkyl halides is 3. The van der Waals surface area contributed by atoms with Crippen LogP contribution in [-0.4, -0.2) is 43.7 Å². The van der Waals surface area contributed by atoms with E-state index in [1.54, 1.807) is 0 Å². The monoisotopic (exact) mass is 257 g/mol. The Morgan fingerprint density at radius 3 is 2.41 bits per heavy atom. The molecule has 17 heavy (non-hydrogen) atoms. The molecule has 0 fully saturated rings. The van der Waals surface area contributed by atoms with Crippen molar-refractivity contribution in [1.82, 2.24) is 5.32 Å². The Hall–Kier alpha value is -0.330. The van der Waals surface area contributed by atoms with Gasteiger partial charge in [0.15, 0.2) is 0 Å². The molecular formula is C11H22F3NO2. The van der Waals surface area contributed by atoms with Crippen LogP contribution >= 0.6 is 0 Å². The third-order valence-corrected chi connectivity index (χ3v) is 2.14. The average Bonchev–Trinajstić information content (AvgIpc) is 2.19. The molecule has 1 unspecified atom stereocenters. The molecule has 0 aromatic rings. The van der Waals surface area contributed by atoms with E-state index in [4.69, 9.17) is 5.11 Å². The number of halogens is 3. The summed E-state index contributed by atoms with van der Waals surface area (Å²) in [6.45, 7) is 3.58. The third-order valence-electron chi connectivity index (χ3n) is 2.14. The molecule has 0 aliphatic rings. The van der Waals surface area contributed by atoms with E-state index >= 15 is 0 Å². The van der Waals surface area contributed by atoms with Crippen molar-refractivity contribution in [3.8, 4) is 0 Å². The molecule has 0 saturated carbocycles. The topological polar surface area (TPSA) is 41.5 Å². The van der Waals surface area contributed by atoms with Crippen molar-refractivity contribution in [2.75, 3.05) is 26.4 Å². The van der Waals surface area contributed by atoms with Crippen LogP contribution < -0.4 is 5.32 Å². The lowest BCUT2D eigenvalue weighted by molar-refractivity contribution is -0.173. The highest BCUT2D eigenvalue weighted by Crippen LogP contribution is 2.14. The predicted molar refractivity (Wildman–Crippen MR) is 59.8 cm³/mol. The number of hydrogen-bond donors (Lipinski definition) is 2. The summed E-state index contributed by atoms with van der Waals surface area (Å²) in [6.07, 6.45) is -2.90. The van der Waals surface area contributed by atoms with Crippen LogP contribution in [0, 0.1) is 5.92 Å². The SMILES string of the molecule is CC(C)CC(CO)NCCCOCC(F)(F)F. The van der Waals surface area contributed by atoms with Crippen molar-refractivity contribution in [1.29, 1.82) is 0 Å². The fraction of sp³-hybridized carbons (Fsp3) is 1.00. The zero-order chi connectivity index (χ0) is 13.3. The van der Waals surface area contributed by atoms with E-state index in [0.717, 1.165) is 6.42 Å². The lowest BCUT2D eigenvalue weighted by Crippen LogP contribution is -2.34. The van der Waals surface area contributed by atoms with E-state index in [0.29, 0.717) is 18.9 Å². The molecule has 0 saturated heterocycles. The highest BCUT2D eigenvalue weighted by Gasteiger charge is 2.27. The molecule has 104 valence electrons. The lowest BCUT2D eigenvalue weighted by atomic mass is 10.0. The predicted octanol–water partition coefficient (Wildman–Crippen LogP) is 1.95. The molecule has 0 heterocycles. The maximum atomic E-state index is 11.7. The second-order valence-electron chi connectivity index (χ2n) is 4.48. The summed E-state index contributed by atoms with van der Waals surface area (Å²) < 4.78 is 39.6.